The van der Waals surface area contributed by atoms with Crippen molar-refractivity contribution in [1.82, 2.24) is 15.3 Å². The van der Waals surface area contributed by atoms with Crippen LogP contribution in [0.25, 0.3) is 0 Å². The van der Waals surface area contributed by atoms with Gasteiger partial charge in [-0.1, -0.05) is 26.0 Å². The fraction of sp³-hybridized carbons (Fsp3) is 0.316. The molecule has 0 radical (unpaired) electrons. The van der Waals surface area contributed by atoms with Gasteiger partial charge in [0.1, 0.15) is 0 Å². The van der Waals surface area contributed by atoms with Crippen LogP contribution in [0.4, 0.5) is 0 Å². The number of hydrogen-bond donors (Lipinski definition) is 1. The van der Waals surface area contributed by atoms with E-state index in [2.05, 4.69) is 35.2 Å². The molecule has 0 unspecified atom stereocenters. The smallest absolute Gasteiger partial charge is 0.226 e. The van der Waals surface area contributed by atoms with Crippen LogP contribution in [0.3, 0.4) is 0 Å². The molecule has 3 aromatic heterocycles. The van der Waals surface area contributed by atoms with Gasteiger partial charge in [0.25, 0.3) is 0 Å². The van der Waals surface area contributed by atoms with Crippen LogP contribution in [0.1, 0.15) is 41.2 Å². The Balaban J connectivity index is 1.59. The van der Waals surface area contributed by atoms with E-state index in [1.807, 2.05) is 35.0 Å². The lowest BCUT2D eigenvalue weighted by molar-refractivity contribution is -0.121. The van der Waals surface area contributed by atoms with Crippen LogP contribution in [0.5, 0.6) is 0 Å². The quantitative estimate of drug-likeness (QED) is 0.676. The summed E-state index contributed by atoms with van der Waals surface area (Å²) in [5.74, 6) is 0.361. The van der Waals surface area contributed by atoms with E-state index in [9.17, 15) is 4.79 Å². The number of nitrogens with one attached hydrogen (secondary N) is 1. The molecule has 0 spiro atoms. The second-order valence-corrected chi connectivity index (χ2v) is 8.13. The number of nitrogens with zero attached hydrogens (tertiary/aromatic N) is 2. The summed E-state index contributed by atoms with van der Waals surface area (Å²) in [6, 6.07) is 10.0. The maximum atomic E-state index is 12.4. The highest BCUT2D eigenvalue weighted by atomic mass is 32.1. The number of thiazole rings is 1. The van der Waals surface area contributed by atoms with Crippen LogP contribution in [0, 0.1) is 5.92 Å². The summed E-state index contributed by atoms with van der Waals surface area (Å²) >= 11 is 3.26. The SMILES string of the molecule is CC(C)[C@H](NC(=O)Cc1csc(Cc2ccccn2)n1)c1cccs1. The molecule has 0 bridgehead atoms. The van der Waals surface area contributed by atoms with Crippen LogP contribution < -0.4 is 5.32 Å². The highest BCUT2D eigenvalue weighted by Crippen LogP contribution is 2.26. The fourth-order valence-corrected chi connectivity index (χ4v) is 4.35. The van der Waals surface area contributed by atoms with E-state index >= 15 is 0 Å². The van der Waals surface area contributed by atoms with Gasteiger partial charge >= 0.3 is 0 Å². The Hall–Kier alpha value is -2.05. The highest BCUT2D eigenvalue weighted by Gasteiger charge is 2.19. The third kappa shape index (κ3) is 4.96. The predicted molar refractivity (Wildman–Crippen MR) is 103 cm³/mol. The van der Waals surface area contributed by atoms with Crippen molar-refractivity contribution < 1.29 is 4.79 Å². The van der Waals surface area contributed by atoms with Crippen molar-refractivity contribution in [2.45, 2.75) is 32.7 Å². The van der Waals surface area contributed by atoms with Gasteiger partial charge in [-0.05, 0) is 29.5 Å². The van der Waals surface area contributed by atoms with E-state index in [4.69, 9.17) is 0 Å². The van der Waals surface area contributed by atoms with Crippen molar-refractivity contribution in [2.24, 2.45) is 5.92 Å². The molecule has 4 nitrogen and oxygen atoms in total. The van der Waals surface area contributed by atoms with Gasteiger partial charge in [-0.3, -0.25) is 9.78 Å². The van der Waals surface area contributed by atoms with Crippen molar-refractivity contribution in [3.63, 3.8) is 0 Å². The first kappa shape index (κ1) is 17.8. The first-order chi connectivity index (χ1) is 12.1. The molecular formula is C19H21N3OS2. The maximum Gasteiger partial charge on any atom is 0.226 e. The normalized spacial score (nSPS) is 12.3. The van der Waals surface area contributed by atoms with Crippen LogP contribution in [0.2, 0.25) is 0 Å². The molecule has 1 N–H and O–H groups in total. The molecule has 3 aromatic rings. The molecule has 0 fully saturated rings. The minimum Gasteiger partial charge on any atom is -0.348 e. The maximum absolute atomic E-state index is 12.4. The van der Waals surface area contributed by atoms with Gasteiger partial charge in [0.2, 0.25) is 5.91 Å². The lowest BCUT2D eigenvalue weighted by Crippen LogP contribution is -2.32. The first-order valence-electron chi connectivity index (χ1n) is 8.28. The third-order valence-corrected chi connectivity index (χ3v) is 5.69. The second-order valence-electron chi connectivity index (χ2n) is 6.21. The fourth-order valence-electron chi connectivity index (χ4n) is 2.59. The Labute approximate surface area is 156 Å². The summed E-state index contributed by atoms with van der Waals surface area (Å²) in [6.07, 6.45) is 2.80. The van der Waals surface area contributed by atoms with Crippen molar-refractivity contribution in [2.75, 3.05) is 0 Å². The monoisotopic (exact) mass is 371 g/mol. The largest absolute Gasteiger partial charge is 0.348 e. The van der Waals surface area contributed by atoms with Crippen molar-refractivity contribution in [3.05, 3.63) is 68.6 Å². The van der Waals surface area contributed by atoms with E-state index in [1.165, 1.54) is 4.88 Å². The average molecular weight is 372 g/mol. The predicted octanol–water partition coefficient (Wildman–Crippen LogP) is 4.25. The van der Waals surface area contributed by atoms with Crippen LogP contribution >= 0.6 is 22.7 Å². The molecular weight excluding hydrogens is 350 g/mol. The van der Waals surface area contributed by atoms with E-state index in [1.54, 1.807) is 28.9 Å². The van der Waals surface area contributed by atoms with Crippen molar-refractivity contribution in [1.29, 1.82) is 0 Å². The summed E-state index contributed by atoms with van der Waals surface area (Å²) in [5, 5.41) is 8.14. The molecule has 0 saturated heterocycles. The number of thiophene rings is 1. The summed E-state index contributed by atoms with van der Waals surface area (Å²) in [7, 11) is 0. The summed E-state index contributed by atoms with van der Waals surface area (Å²) in [5.41, 5.74) is 1.81. The van der Waals surface area contributed by atoms with E-state index in [0.29, 0.717) is 18.8 Å². The number of carbonyl (C=O) groups is 1. The summed E-state index contributed by atoms with van der Waals surface area (Å²) in [6.45, 7) is 4.25. The molecule has 3 heterocycles. The number of carbonyl (C=O) groups excluding carboxylic acids is 1. The molecule has 6 heteroatoms. The zero-order valence-corrected chi connectivity index (χ0v) is 15.9. The zero-order valence-electron chi connectivity index (χ0n) is 14.3. The van der Waals surface area contributed by atoms with Gasteiger partial charge in [-0.15, -0.1) is 22.7 Å². The number of hydrogen-bond acceptors (Lipinski definition) is 5. The Morgan fingerprint density at radius 2 is 2.04 bits per heavy atom. The van der Waals surface area contributed by atoms with E-state index in [-0.39, 0.29) is 11.9 Å². The molecule has 1 atom stereocenters. The Morgan fingerprint density at radius 1 is 1.16 bits per heavy atom. The van der Waals surface area contributed by atoms with E-state index < -0.39 is 0 Å². The minimum absolute atomic E-state index is 0.0155. The van der Waals surface area contributed by atoms with Gasteiger partial charge in [0, 0.05) is 28.6 Å². The van der Waals surface area contributed by atoms with Crippen LogP contribution in [-0.2, 0) is 17.6 Å². The summed E-state index contributed by atoms with van der Waals surface area (Å²) in [4.78, 5) is 22.5. The molecule has 0 aliphatic rings. The van der Waals surface area contributed by atoms with Crippen LogP contribution in [0.15, 0.2) is 47.3 Å². The number of pyridine rings is 1. The zero-order chi connectivity index (χ0) is 17.6. The molecule has 25 heavy (non-hydrogen) atoms. The van der Waals surface area contributed by atoms with Gasteiger partial charge in [0.05, 0.1) is 23.2 Å². The standard InChI is InChI=1S/C19H21N3OS2/c1-13(2)19(16-7-5-9-24-16)22-17(23)10-15-12-25-18(21-15)11-14-6-3-4-8-20-14/h3-9,12-13,19H,10-11H2,1-2H3,(H,22,23)/t19-/m0/s1. The lowest BCUT2D eigenvalue weighted by Gasteiger charge is -2.21. The van der Waals surface area contributed by atoms with Crippen molar-refractivity contribution >= 4 is 28.6 Å². The Kier molecular flexibility index (Phi) is 5.94. The molecule has 0 aliphatic heterocycles. The topological polar surface area (TPSA) is 54.9 Å². The lowest BCUT2D eigenvalue weighted by atomic mass is 10.0. The van der Waals surface area contributed by atoms with Gasteiger partial charge in [0.15, 0.2) is 0 Å². The van der Waals surface area contributed by atoms with Gasteiger partial charge in [-0.2, -0.15) is 0 Å². The Morgan fingerprint density at radius 3 is 2.72 bits per heavy atom. The molecule has 0 aliphatic carbocycles. The Bertz CT molecular complexity index is 797. The van der Waals surface area contributed by atoms with Crippen LogP contribution in [-0.4, -0.2) is 15.9 Å². The first-order valence-corrected chi connectivity index (χ1v) is 10.0. The molecule has 1 amide bonds. The molecule has 3 rings (SSSR count). The summed E-state index contributed by atoms with van der Waals surface area (Å²) < 4.78 is 0. The number of rotatable bonds is 7. The average Bonchev–Trinajstić information content (AvgIpc) is 3.25. The van der Waals surface area contributed by atoms with E-state index in [0.717, 1.165) is 16.4 Å². The third-order valence-electron chi connectivity index (χ3n) is 3.83. The number of aromatic nitrogens is 2. The number of amides is 1. The minimum atomic E-state index is 0.0155. The van der Waals surface area contributed by atoms with Gasteiger partial charge < -0.3 is 5.32 Å². The molecule has 0 saturated carbocycles. The second kappa shape index (κ2) is 8.36. The molecule has 0 aromatic carbocycles. The highest BCUT2D eigenvalue weighted by molar-refractivity contribution is 7.10. The molecule has 130 valence electrons. The van der Waals surface area contributed by atoms with Crippen molar-refractivity contribution in [3.8, 4) is 0 Å². The van der Waals surface area contributed by atoms with Gasteiger partial charge in [-0.25, -0.2) is 4.98 Å².